The molecule has 0 unspecified atom stereocenters. The van der Waals surface area contributed by atoms with E-state index in [4.69, 9.17) is 5.26 Å². The molecule has 11 heteroatoms. The van der Waals surface area contributed by atoms with Gasteiger partial charge in [0.15, 0.2) is 6.19 Å². The summed E-state index contributed by atoms with van der Waals surface area (Å²) >= 11 is 0. The molecule has 0 heterocycles. The molecule has 0 aliphatic heterocycles. The molecule has 0 aliphatic rings. The van der Waals surface area contributed by atoms with E-state index in [0.29, 0.717) is 5.69 Å². The summed E-state index contributed by atoms with van der Waals surface area (Å²) in [4.78, 5) is 14.1. The number of nitrogens with one attached hydrogen (secondary N) is 3. The zero-order chi connectivity index (χ0) is 21.6. The summed E-state index contributed by atoms with van der Waals surface area (Å²) in [5, 5.41) is 25.1. The number of anilines is 2. The summed E-state index contributed by atoms with van der Waals surface area (Å²) in [6.45, 7) is 5.28. The van der Waals surface area contributed by atoms with E-state index in [1.54, 1.807) is 38.2 Å². The molecule has 0 aromatic heterocycles. The van der Waals surface area contributed by atoms with Crippen molar-refractivity contribution in [2.24, 2.45) is 4.99 Å². The van der Waals surface area contributed by atoms with Crippen LogP contribution in [0, 0.1) is 28.5 Å². The zero-order valence-corrected chi connectivity index (χ0v) is 16.8. The maximum absolute atomic E-state index is 12.9. The van der Waals surface area contributed by atoms with Gasteiger partial charge in [-0.25, -0.2) is 18.1 Å². The van der Waals surface area contributed by atoms with Crippen LogP contribution in [0.15, 0.2) is 52.4 Å². The quantitative estimate of drug-likeness (QED) is 0.164. The Kier molecular flexibility index (Phi) is 6.74. The van der Waals surface area contributed by atoms with Gasteiger partial charge in [0.2, 0.25) is 5.96 Å². The molecular formula is C18H20N6O4S. The highest BCUT2D eigenvalue weighted by Gasteiger charge is 2.24. The normalized spacial score (nSPS) is 11.6. The summed E-state index contributed by atoms with van der Waals surface area (Å²) in [6, 6.07) is 10.4. The van der Waals surface area contributed by atoms with E-state index in [9.17, 15) is 18.5 Å². The number of nitro groups is 1. The van der Waals surface area contributed by atoms with Crippen molar-refractivity contribution in [2.45, 2.75) is 31.7 Å². The van der Waals surface area contributed by atoms with E-state index in [1.165, 1.54) is 12.1 Å². The topological polar surface area (TPSA) is 150 Å². The predicted molar refractivity (Wildman–Crippen MR) is 109 cm³/mol. The molecule has 2 aromatic carbocycles. The number of hydrogen-bond acceptors (Lipinski definition) is 7. The van der Waals surface area contributed by atoms with Crippen molar-refractivity contribution in [2.75, 3.05) is 5.32 Å². The van der Waals surface area contributed by atoms with Crippen LogP contribution in [0.1, 0.15) is 19.4 Å². The third-order valence-electron chi connectivity index (χ3n) is 3.56. The maximum Gasteiger partial charge on any atom is 0.270 e. The highest BCUT2D eigenvalue weighted by Crippen LogP contribution is 2.29. The van der Waals surface area contributed by atoms with Gasteiger partial charge in [0, 0.05) is 23.9 Å². The zero-order valence-electron chi connectivity index (χ0n) is 16.0. The summed E-state index contributed by atoms with van der Waals surface area (Å²) < 4.78 is 28.1. The Hall–Kier alpha value is -3.65. The van der Waals surface area contributed by atoms with Gasteiger partial charge in [0.25, 0.3) is 15.7 Å². The first-order chi connectivity index (χ1) is 13.6. The average molecular weight is 416 g/mol. The molecule has 0 amide bonds. The number of non-ortho nitro benzene ring substituents is 1. The van der Waals surface area contributed by atoms with Crippen molar-refractivity contribution in [3.63, 3.8) is 0 Å². The number of nitriles is 1. The van der Waals surface area contributed by atoms with Gasteiger partial charge in [-0.1, -0.05) is 12.1 Å². The minimum Gasteiger partial charge on any atom is -0.354 e. The van der Waals surface area contributed by atoms with Gasteiger partial charge in [-0.15, -0.1) is 0 Å². The minimum absolute atomic E-state index is 0.134. The summed E-state index contributed by atoms with van der Waals surface area (Å²) in [6.07, 6.45) is 1.61. The Morgan fingerprint density at radius 3 is 2.55 bits per heavy atom. The second kappa shape index (κ2) is 9.03. The lowest BCUT2D eigenvalue weighted by molar-refractivity contribution is -0.385. The summed E-state index contributed by atoms with van der Waals surface area (Å²) in [5.41, 5.74) is 1.30. The van der Waals surface area contributed by atoms with Crippen LogP contribution in [0.25, 0.3) is 0 Å². The molecule has 0 spiro atoms. The summed E-state index contributed by atoms with van der Waals surface area (Å²) in [7, 11) is -4.31. The Bertz CT molecular complexity index is 1090. The second-order valence-corrected chi connectivity index (χ2v) is 8.00. The minimum atomic E-state index is -4.31. The van der Waals surface area contributed by atoms with E-state index in [1.807, 2.05) is 13.0 Å². The van der Waals surface area contributed by atoms with Gasteiger partial charge in [0.1, 0.15) is 4.90 Å². The van der Waals surface area contributed by atoms with Gasteiger partial charge < -0.3 is 5.32 Å². The fourth-order valence-corrected chi connectivity index (χ4v) is 3.56. The van der Waals surface area contributed by atoms with Crippen LogP contribution in [0.4, 0.5) is 17.1 Å². The number of aliphatic imine (C=N–C) groups is 1. The average Bonchev–Trinajstić information content (AvgIpc) is 2.61. The molecule has 29 heavy (non-hydrogen) atoms. The van der Waals surface area contributed by atoms with Crippen molar-refractivity contribution >= 4 is 33.0 Å². The first-order valence-corrected chi connectivity index (χ1v) is 9.98. The highest BCUT2D eigenvalue weighted by molar-refractivity contribution is 7.90. The van der Waals surface area contributed by atoms with Crippen LogP contribution in [-0.4, -0.2) is 25.3 Å². The monoisotopic (exact) mass is 416 g/mol. The molecule has 0 fully saturated rings. The SMILES string of the molecule is Cc1cccc(Nc2ccc([N+](=O)[O-])cc2S(=O)(=O)NC(=NC(C)C)NC#N)c1. The fraction of sp³-hybridized carbons (Fsp3) is 0.222. The third-order valence-corrected chi connectivity index (χ3v) is 4.93. The van der Waals surface area contributed by atoms with Crippen LogP contribution in [0.5, 0.6) is 0 Å². The van der Waals surface area contributed by atoms with Crippen molar-refractivity contribution in [1.29, 1.82) is 5.26 Å². The van der Waals surface area contributed by atoms with Crippen LogP contribution < -0.4 is 15.4 Å². The fourth-order valence-electron chi connectivity index (χ4n) is 2.41. The van der Waals surface area contributed by atoms with Gasteiger partial charge in [-0.2, -0.15) is 5.26 Å². The Labute approximate surface area is 168 Å². The van der Waals surface area contributed by atoms with Gasteiger partial charge in [-0.05, 0) is 44.5 Å². The number of nitrogens with zero attached hydrogens (tertiary/aromatic N) is 3. The Morgan fingerprint density at radius 2 is 1.97 bits per heavy atom. The van der Waals surface area contributed by atoms with E-state index < -0.39 is 20.6 Å². The molecule has 0 aliphatic carbocycles. The summed E-state index contributed by atoms with van der Waals surface area (Å²) in [5.74, 6) is -0.282. The molecule has 0 saturated heterocycles. The van der Waals surface area contributed by atoms with Crippen molar-refractivity contribution in [1.82, 2.24) is 10.0 Å². The Balaban J connectivity index is 2.53. The molecule has 2 aromatic rings. The van der Waals surface area contributed by atoms with Gasteiger partial charge in [-0.3, -0.25) is 15.4 Å². The van der Waals surface area contributed by atoms with Crippen molar-refractivity contribution in [3.8, 4) is 6.19 Å². The standard InChI is InChI=1S/C18H20N6O4S/c1-12(2)21-18(20-11-19)23-29(27,28)17-10-15(24(25)26)7-8-16(17)22-14-6-4-5-13(3)9-14/h4-10,12,22H,1-3H3,(H2,20,21,23). The molecule has 3 N–H and O–H groups in total. The number of benzene rings is 2. The van der Waals surface area contributed by atoms with Gasteiger partial charge >= 0.3 is 0 Å². The maximum atomic E-state index is 12.9. The van der Waals surface area contributed by atoms with Crippen LogP contribution >= 0.6 is 0 Å². The molecule has 10 nitrogen and oxygen atoms in total. The molecule has 0 bridgehead atoms. The Morgan fingerprint density at radius 1 is 1.24 bits per heavy atom. The molecule has 152 valence electrons. The van der Waals surface area contributed by atoms with E-state index in [-0.39, 0.29) is 22.6 Å². The van der Waals surface area contributed by atoms with Crippen LogP contribution in [-0.2, 0) is 10.0 Å². The molecule has 0 saturated carbocycles. The first kappa shape index (κ1) is 21.6. The number of aryl methyl sites for hydroxylation is 1. The second-order valence-electron chi connectivity index (χ2n) is 6.35. The lowest BCUT2D eigenvalue weighted by Gasteiger charge is -2.15. The molecular weight excluding hydrogens is 396 g/mol. The van der Waals surface area contributed by atoms with E-state index in [0.717, 1.165) is 11.6 Å². The third kappa shape index (κ3) is 5.91. The lowest BCUT2D eigenvalue weighted by atomic mass is 10.2. The number of sulfonamides is 1. The van der Waals surface area contributed by atoms with E-state index in [2.05, 4.69) is 20.3 Å². The van der Waals surface area contributed by atoms with Crippen LogP contribution in [0.3, 0.4) is 0 Å². The van der Waals surface area contributed by atoms with Gasteiger partial charge in [0.05, 0.1) is 10.6 Å². The van der Waals surface area contributed by atoms with Crippen LogP contribution in [0.2, 0.25) is 0 Å². The molecule has 2 rings (SSSR count). The largest absolute Gasteiger partial charge is 0.354 e. The number of rotatable bonds is 6. The smallest absolute Gasteiger partial charge is 0.270 e. The van der Waals surface area contributed by atoms with E-state index >= 15 is 0 Å². The predicted octanol–water partition coefficient (Wildman–Crippen LogP) is 2.76. The first-order valence-electron chi connectivity index (χ1n) is 8.50. The number of guanidine groups is 1. The number of hydrogen-bond donors (Lipinski definition) is 3. The molecule has 0 radical (unpaired) electrons. The molecule has 0 atom stereocenters. The number of nitro benzene ring substituents is 1. The van der Waals surface area contributed by atoms with Crippen molar-refractivity contribution in [3.05, 3.63) is 58.1 Å². The highest BCUT2D eigenvalue weighted by atomic mass is 32.2. The lowest BCUT2D eigenvalue weighted by Crippen LogP contribution is -2.39. The van der Waals surface area contributed by atoms with Crippen molar-refractivity contribution < 1.29 is 13.3 Å².